The average molecular weight is 483 g/mol. The van der Waals surface area contributed by atoms with Crippen molar-refractivity contribution in [2.24, 2.45) is 11.8 Å². The summed E-state index contributed by atoms with van der Waals surface area (Å²) in [5.74, 6) is 2.04. The van der Waals surface area contributed by atoms with Crippen LogP contribution in [0.5, 0.6) is 0 Å². The molecule has 0 spiro atoms. The second-order valence-electron chi connectivity index (χ2n) is 11.1. The van der Waals surface area contributed by atoms with Crippen molar-refractivity contribution in [3.8, 4) is 0 Å². The first-order valence-electron chi connectivity index (χ1n) is 14.8. The number of hydrogen-bond acceptors (Lipinski definition) is 0. The van der Waals surface area contributed by atoms with E-state index in [1.54, 1.807) is 0 Å². The number of hydrogen-bond donors (Lipinski definition) is 0. The second kappa shape index (κ2) is 15.7. The van der Waals surface area contributed by atoms with Crippen LogP contribution in [0, 0.1) is 11.8 Å². The van der Waals surface area contributed by atoms with Crippen LogP contribution in [0.2, 0.25) is 0 Å². The minimum absolute atomic E-state index is 1.02. The van der Waals surface area contributed by atoms with Crippen molar-refractivity contribution < 1.29 is 0 Å². The fourth-order valence-corrected chi connectivity index (χ4v) is 6.25. The molecule has 0 N–H and O–H groups in total. The molecule has 2 aromatic carbocycles. The van der Waals surface area contributed by atoms with Gasteiger partial charge < -0.3 is 0 Å². The molecular weight excluding hydrogens is 432 g/mol. The van der Waals surface area contributed by atoms with Crippen LogP contribution in [-0.4, -0.2) is 0 Å². The Kier molecular flexibility index (Phi) is 12.3. The monoisotopic (exact) mass is 482 g/mol. The number of rotatable bonds is 15. The Morgan fingerprint density at radius 2 is 1.17 bits per heavy atom. The van der Waals surface area contributed by atoms with Crippen LogP contribution in [0.15, 0.2) is 85.0 Å². The third-order valence-electron chi connectivity index (χ3n) is 8.20. The molecule has 0 radical (unpaired) electrons. The largest absolute Gasteiger partial charge is 0.0955 e. The van der Waals surface area contributed by atoms with Crippen LogP contribution in [-0.2, 0) is 0 Å². The van der Waals surface area contributed by atoms with Gasteiger partial charge in [-0.15, -0.1) is 0 Å². The maximum Gasteiger partial charge on any atom is -0.00768 e. The van der Waals surface area contributed by atoms with Crippen molar-refractivity contribution in [3.05, 3.63) is 96.1 Å². The van der Waals surface area contributed by atoms with Gasteiger partial charge in [0.25, 0.3) is 0 Å². The zero-order valence-electron chi connectivity index (χ0n) is 23.2. The van der Waals surface area contributed by atoms with Crippen LogP contribution < -0.4 is 0 Å². The molecular formula is C36H50. The van der Waals surface area contributed by atoms with Gasteiger partial charge in [0, 0.05) is 0 Å². The van der Waals surface area contributed by atoms with Crippen LogP contribution in [0.4, 0.5) is 0 Å². The first-order chi connectivity index (χ1) is 17.6. The summed E-state index contributed by atoms with van der Waals surface area (Å²) in [6.07, 6.45) is 19.4. The normalized spacial score (nSPS) is 18.5. The van der Waals surface area contributed by atoms with Gasteiger partial charge >= 0.3 is 0 Å². The Hall–Kier alpha value is -2.34. The molecule has 0 heteroatoms. The molecule has 0 aliphatic heterocycles. The van der Waals surface area contributed by atoms with E-state index in [1.807, 2.05) is 0 Å². The lowest BCUT2D eigenvalue weighted by Crippen LogP contribution is -2.19. The Morgan fingerprint density at radius 1 is 0.667 bits per heavy atom. The van der Waals surface area contributed by atoms with Crippen molar-refractivity contribution in [2.75, 3.05) is 0 Å². The van der Waals surface area contributed by atoms with E-state index < -0.39 is 0 Å². The van der Waals surface area contributed by atoms with E-state index in [1.165, 1.54) is 111 Å². The predicted molar refractivity (Wildman–Crippen MR) is 161 cm³/mol. The van der Waals surface area contributed by atoms with E-state index in [2.05, 4.69) is 87.7 Å². The number of benzene rings is 2. The molecule has 2 unspecified atom stereocenters. The van der Waals surface area contributed by atoms with Gasteiger partial charge in [-0.1, -0.05) is 158 Å². The molecule has 0 bridgehead atoms. The lowest BCUT2D eigenvalue weighted by molar-refractivity contribution is 0.203. The van der Waals surface area contributed by atoms with Gasteiger partial charge in [-0.05, 0) is 65.0 Å². The first kappa shape index (κ1) is 28.2. The van der Waals surface area contributed by atoms with Crippen LogP contribution in [0.25, 0.3) is 11.1 Å². The van der Waals surface area contributed by atoms with Crippen molar-refractivity contribution in [2.45, 2.75) is 104 Å². The molecule has 194 valence electrons. The van der Waals surface area contributed by atoms with Gasteiger partial charge in [-0.25, -0.2) is 0 Å². The van der Waals surface area contributed by atoms with Crippen LogP contribution >= 0.6 is 0 Å². The molecule has 0 heterocycles. The summed E-state index contributed by atoms with van der Waals surface area (Å²) >= 11 is 0. The Morgan fingerprint density at radius 3 is 1.72 bits per heavy atom. The molecule has 1 saturated carbocycles. The summed E-state index contributed by atoms with van der Waals surface area (Å²) < 4.78 is 0. The van der Waals surface area contributed by atoms with E-state index in [9.17, 15) is 0 Å². The average Bonchev–Trinajstić information content (AvgIpc) is 2.91. The molecule has 2 atom stereocenters. The highest BCUT2D eigenvalue weighted by molar-refractivity contribution is 6.03. The summed E-state index contributed by atoms with van der Waals surface area (Å²) in [6.45, 7) is 13.4. The Labute approximate surface area is 222 Å². The second-order valence-corrected chi connectivity index (χ2v) is 11.1. The summed E-state index contributed by atoms with van der Waals surface area (Å²) in [5, 5.41) is 0. The zero-order valence-corrected chi connectivity index (χ0v) is 23.2. The molecule has 1 aliphatic carbocycles. The molecule has 2 aromatic rings. The highest BCUT2D eigenvalue weighted by Gasteiger charge is 2.23. The summed E-state index contributed by atoms with van der Waals surface area (Å²) in [7, 11) is 0. The van der Waals surface area contributed by atoms with E-state index in [-0.39, 0.29) is 0 Å². The van der Waals surface area contributed by atoms with Crippen LogP contribution in [0.3, 0.4) is 0 Å². The van der Waals surface area contributed by atoms with E-state index >= 15 is 0 Å². The van der Waals surface area contributed by atoms with Gasteiger partial charge in [0.1, 0.15) is 0 Å². The van der Waals surface area contributed by atoms with Gasteiger partial charge in [0.05, 0.1) is 0 Å². The molecule has 0 nitrogen and oxygen atoms in total. The minimum Gasteiger partial charge on any atom is -0.0955 e. The zero-order chi connectivity index (χ0) is 25.6. The van der Waals surface area contributed by atoms with Gasteiger partial charge in [0.15, 0.2) is 0 Å². The molecule has 1 fully saturated rings. The summed E-state index contributed by atoms with van der Waals surface area (Å²) in [4.78, 5) is 0. The SMILES string of the molecule is C=C(C)/C(=C(\C(=C)CCCCCCCC1CCCCC1CCCC)c1ccccc1)c1ccccc1. The molecule has 1 aliphatic rings. The van der Waals surface area contributed by atoms with E-state index in [0.717, 1.165) is 23.8 Å². The number of unbranched alkanes of at least 4 members (excludes halogenated alkanes) is 5. The third kappa shape index (κ3) is 8.65. The standard InChI is InChI=1S/C36H50/c1-5-6-21-31-23-18-19-24-32(31)22-13-9-7-8-12-20-30(4)36(34-27-16-11-17-28-34)35(29(2)3)33-25-14-10-15-26-33/h10-11,14-17,25-28,31-32H,2,4-9,12-13,18-24H2,1,3H3/b36-35-. The van der Waals surface area contributed by atoms with E-state index in [0.29, 0.717) is 0 Å². The fourth-order valence-electron chi connectivity index (χ4n) is 6.25. The smallest absolute Gasteiger partial charge is 0.00768 e. The summed E-state index contributed by atoms with van der Waals surface area (Å²) in [5.41, 5.74) is 7.31. The minimum atomic E-state index is 1.02. The first-order valence-corrected chi connectivity index (χ1v) is 14.8. The highest BCUT2D eigenvalue weighted by atomic mass is 14.3. The molecule has 0 amide bonds. The topological polar surface area (TPSA) is 0 Å². The van der Waals surface area contributed by atoms with Gasteiger partial charge in [-0.2, -0.15) is 0 Å². The van der Waals surface area contributed by atoms with Crippen molar-refractivity contribution in [1.82, 2.24) is 0 Å². The fraction of sp³-hybridized carbons (Fsp3) is 0.500. The lowest BCUT2D eigenvalue weighted by atomic mass is 9.74. The predicted octanol–water partition coefficient (Wildman–Crippen LogP) is 11.5. The number of allylic oxidation sites excluding steroid dienone is 4. The molecule has 3 rings (SSSR count). The molecule has 36 heavy (non-hydrogen) atoms. The van der Waals surface area contributed by atoms with Crippen molar-refractivity contribution >= 4 is 11.1 Å². The van der Waals surface area contributed by atoms with Crippen molar-refractivity contribution in [1.29, 1.82) is 0 Å². The maximum atomic E-state index is 4.59. The Bertz CT molecular complexity index is 946. The molecule has 0 aromatic heterocycles. The van der Waals surface area contributed by atoms with Gasteiger partial charge in [0.2, 0.25) is 0 Å². The summed E-state index contributed by atoms with van der Waals surface area (Å²) in [6, 6.07) is 21.5. The molecule has 0 saturated heterocycles. The maximum absolute atomic E-state index is 4.59. The van der Waals surface area contributed by atoms with E-state index in [4.69, 9.17) is 0 Å². The van der Waals surface area contributed by atoms with Crippen molar-refractivity contribution in [3.63, 3.8) is 0 Å². The highest BCUT2D eigenvalue weighted by Crippen LogP contribution is 2.38. The lowest BCUT2D eigenvalue weighted by Gasteiger charge is -2.31. The third-order valence-corrected chi connectivity index (χ3v) is 8.20. The Balaban J connectivity index is 1.53. The quantitative estimate of drug-likeness (QED) is 0.134. The van der Waals surface area contributed by atoms with Gasteiger partial charge in [-0.3, -0.25) is 0 Å². The van der Waals surface area contributed by atoms with Crippen LogP contribution in [0.1, 0.15) is 115 Å².